The Kier molecular flexibility index (Phi) is 9.43. The van der Waals surface area contributed by atoms with E-state index in [0.29, 0.717) is 57.8 Å². The van der Waals surface area contributed by atoms with E-state index < -0.39 is 17.5 Å². The maximum atomic E-state index is 13.6. The van der Waals surface area contributed by atoms with Crippen molar-refractivity contribution in [2.75, 3.05) is 57.4 Å². The number of fused-ring (bicyclic) bond motifs is 2. The van der Waals surface area contributed by atoms with Crippen molar-refractivity contribution < 1.29 is 27.5 Å². The molecule has 10 nitrogen and oxygen atoms in total. The Morgan fingerprint density at radius 3 is 2.47 bits per heavy atom. The van der Waals surface area contributed by atoms with Crippen LogP contribution in [0.1, 0.15) is 23.3 Å². The third kappa shape index (κ3) is 7.36. The first-order valence-electron chi connectivity index (χ1n) is 16.2. The minimum Gasteiger partial charge on any atom is -0.378 e. The van der Waals surface area contributed by atoms with E-state index in [4.69, 9.17) is 14.7 Å². The van der Waals surface area contributed by atoms with Crippen LogP contribution in [0.5, 0.6) is 0 Å². The number of allylic oxidation sites excluding steroid dienone is 2. The topological polar surface area (TPSA) is 108 Å². The van der Waals surface area contributed by atoms with Gasteiger partial charge >= 0.3 is 6.18 Å². The van der Waals surface area contributed by atoms with Crippen LogP contribution < -0.4 is 4.90 Å². The van der Waals surface area contributed by atoms with Gasteiger partial charge in [0, 0.05) is 74.5 Å². The summed E-state index contributed by atoms with van der Waals surface area (Å²) in [7, 11) is 0. The molecule has 5 aromatic rings. The van der Waals surface area contributed by atoms with Crippen molar-refractivity contribution >= 4 is 55.5 Å². The molecule has 1 amide bonds. The molecule has 0 spiro atoms. The van der Waals surface area contributed by atoms with Gasteiger partial charge in [0.25, 0.3) is 0 Å². The summed E-state index contributed by atoms with van der Waals surface area (Å²) < 4.78 is 47.5. The Labute approximate surface area is 284 Å². The lowest BCUT2D eigenvalue weighted by Gasteiger charge is -2.34. The molecule has 0 bridgehead atoms. The van der Waals surface area contributed by atoms with Gasteiger partial charge in [-0.2, -0.15) is 18.3 Å². The van der Waals surface area contributed by atoms with Gasteiger partial charge in [-0.25, -0.2) is 9.97 Å². The highest BCUT2D eigenvalue weighted by atomic mass is 32.1. The summed E-state index contributed by atoms with van der Waals surface area (Å²) in [6.45, 7) is 5.64. The van der Waals surface area contributed by atoms with Gasteiger partial charge in [0.05, 0.1) is 40.7 Å². The predicted molar refractivity (Wildman–Crippen MR) is 182 cm³/mol. The van der Waals surface area contributed by atoms with Gasteiger partial charge in [-0.3, -0.25) is 19.6 Å². The molecule has 2 aromatic carbocycles. The number of thiophene rings is 1. The number of alkyl halides is 3. The number of nitrogens with zero attached hydrogens (tertiary/aromatic N) is 6. The number of benzene rings is 2. The number of ether oxygens (including phenoxy) is 1. The number of halogens is 3. The first kappa shape index (κ1) is 32.9. The van der Waals surface area contributed by atoms with E-state index >= 15 is 0 Å². The van der Waals surface area contributed by atoms with Gasteiger partial charge in [-0.1, -0.05) is 42.5 Å². The lowest BCUT2D eigenvalue weighted by Crippen LogP contribution is -2.48. The number of morpholine rings is 1. The van der Waals surface area contributed by atoms with Gasteiger partial charge in [0.2, 0.25) is 5.91 Å². The number of hydrogen-bond acceptors (Lipinski definition) is 9. The number of nitrogens with one attached hydrogen (secondary N) is 1. The maximum absolute atomic E-state index is 13.6. The number of rotatable bonds is 9. The fourth-order valence-electron chi connectivity index (χ4n) is 6.26. The minimum absolute atomic E-state index is 0.0823. The second-order valence-electron chi connectivity index (χ2n) is 12.1. The molecule has 14 heteroatoms. The summed E-state index contributed by atoms with van der Waals surface area (Å²) in [5.41, 5.74) is 1.61. The number of H-pyrrole nitrogens is 1. The molecule has 0 aliphatic carbocycles. The molecule has 5 heterocycles. The zero-order valence-electron chi connectivity index (χ0n) is 26.6. The molecule has 0 radical (unpaired) electrons. The lowest BCUT2D eigenvalue weighted by atomic mass is 10.0. The van der Waals surface area contributed by atoms with Crippen molar-refractivity contribution in [2.24, 2.45) is 0 Å². The van der Waals surface area contributed by atoms with Gasteiger partial charge in [-0.05, 0) is 23.8 Å². The normalized spacial score (nSPS) is 16.5. The average Bonchev–Trinajstić information content (AvgIpc) is 3.76. The van der Waals surface area contributed by atoms with E-state index in [0.717, 1.165) is 50.5 Å². The summed E-state index contributed by atoms with van der Waals surface area (Å²) in [6, 6.07) is 15.3. The van der Waals surface area contributed by atoms with Crippen LogP contribution in [0.15, 0.2) is 66.9 Å². The van der Waals surface area contributed by atoms with E-state index in [1.807, 2.05) is 18.2 Å². The number of carbonyl (C=O) groups is 2. The summed E-state index contributed by atoms with van der Waals surface area (Å²) >= 11 is 1.67. The summed E-state index contributed by atoms with van der Waals surface area (Å²) in [5.74, 6) is 0.575. The lowest BCUT2D eigenvalue weighted by molar-refractivity contribution is -0.134. The second-order valence-corrected chi connectivity index (χ2v) is 13.2. The predicted octanol–water partition coefficient (Wildman–Crippen LogP) is 5.71. The number of amides is 1. The standard InChI is InChI=1S/C35H34F3N7O3S/c36-35(37,38)28(23-5-2-1-3-6-23)19-24(46)9-10-31(47)44-13-11-43(12-14-44)22-25-20-30-32(49-25)34(45-15-17-48-18-16-45)41-33(40-30)26-7-4-8-29-27(26)21-39-42-29/h1-8,19-21H,9-18,22H2,(H,39,42)/b28-19-. The van der Waals surface area contributed by atoms with Gasteiger partial charge in [0.1, 0.15) is 0 Å². The molecular formula is C35H34F3N7O3S. The van der Waals surface area contributed by atoms with Gasteiger partial charge < -0.3 is 14.5 Å². The number of aromatic nitrogens is 4. The molecule has 0 saturated carbocycles. The molecule has 1 N–H and O–H groups in total. The third-order valence-corrected chi connectivity index (χ3v) is 9.93. The summed E-state index contributed by atoms with van der Waals surface area (Å²) in [4.78, 5) is 42.8. The van der Waals surface area contributed by atoms with Crippen LogP contribution in [0.25, 0.3) is 38.1 Å². The Hall–Kier alpha value is -4.66. The van der Waals surface area contributed by atoms with E-state index in [1.54, 1.807) is 28.5 Å². The molecule has 2 saturated heterocycles. The fourth-order valence-corrected chi connectivity index (χ4v) is 7.41. The van der Waals surface area contributed by atoms with Crippen LogP contribution in [0.2, 0.25) is 0 Å². The molecule has 2 aliphatic heterocycles. The van der Waals surface area contributed by atoms with E-state index in [-0.39, 0.29) is 24.3 Å². The zero-order chi connectivity index (χ0) is 34.0. The van der Waals surface area contributed by atoms with Crippen molar-refractivity contribution in [3.05, 3.63) is 77.3 Å². The van der Waals surface area contributed by atoms with E-state index in [1.165, 1.54) is 24.3 Å². The second kappa shape index (κ2) is 14.1. The van der Waals surface area contributed by atoms with Crippen LogP contribution in [-0.4, -0.2) is 100 Å². The summed E-state index contributed by atoms with van der Waals surface area (Å²) in [6.07, 6.45) is -2.69. The van der Waals surface area contributed by atoms with E-state index in [9.17, 15) is 22.8 Å². The van der Waals surface area contributed by atoms with Crippen LogP contribution in [0, 0.1) is 0 Å². The molecular weight excluding hydrogens is 655 g/mol. The fraction of sp³-hybridized carbons (Fsp3) is 0.343. The smallest absolute Gasteiger partial charge is 0.378 e. The van der Waals surface area contributed by atoms with Crippen molar-refractivity contribution in [3.8, 4) is 11.4 Å². The molecule has 254 valence electrons. The first-order chi connectivity index (χ1) is 23.7. The number of piperazine rings is 1. The number of hydrogen-bond donors (Lipinski definition) is 1. The van der Waals surface area contributed by atoms with E-state index in [2.05, 4.69) is 26.1 Å². The van der Waals surface area contributed by atoms with Crippen LogP contribution in [0.3, 0.4) is 0 Å². The highest BCUT2D eigenvalue weighted by molar-refractivity contribution is 7.19. The Balaban J connectivity index is 1.01. The molecule has 2 fully saturated rings. The van der Waals surface area contributed by atoms with Crippen molar-refractivity contribution in [3.63, 3.8) is 0 Å². The third-order valence-electron chi connectivity index (χ3n) is 8.83. The maximum Gasteiger partial charge on any atom is 0.417 e. The highest BCUT2D eigenvalue weighted by Crippen LogP contribution is 2.37. The molecule has 2 aliphatic rings. The average molecular weight is 690 g/mol. The first-order valence-corrected chi connectivity index (χ1v) is 17.0. The Bertz CT molecular complexity index is 2000. The molecule has 0 unspecified atom stereocenters. The van der Waals surface area contributed by atoms with Crippen LogP contribution in [0.4, 0.5) is 19.0 Å². The van der Waals surface area contributed by atoms with Crippen molar-refractivity contribution in [1.29, 1.82) is 0 Å². The number of anilines is 1. The molecule has 49 heavy (non-hydrogen) atoms. The Morgan fingerprint density at radius 1 is 0.939 bits per heavy atom. The highest BCUT2D eigenvalue weighted by Gasteiger charge is 2.35. The van der Waals surface area contributed by atoms with Crippen molar-refractivity contribution in [2.45, 2.75) is 25.6 Å². The Morgan fingerprint density at radius 2 is 1.71 bits per heavy atom. The number of aromatic amines is 1. The number of carbonyl (C=O) groups excluding carboxylic acids is 2. The van der Waals surface area contributed by atoms with Crippen LogP contribution >= 0.6 is 11.3 Å². The van der Waals surface area contributed by atoms with Crippen molar-refractivity contribution in [1.82, 2.24) is 30.0 Å². The zero-order valence-corrected chi connectivity index (χ0v) is 27.4. The van der Waals surface area contributed by atoms with Gasteiger partial charge in [-0.15, -0.1) is 11.3 Å². The molecule has 3 aromatic heterocycles. The quantitative estimate of drug-likeness (QED) is 0.196. The molecule has 0 atom stereocenters. The van der Waals surface area contributed by atoms with Gasteiger partial charge in [0.15, 0.2) is 17.4 Å². The molecule has 7 rings (SSSR count). The van der Waals surface area contributed by atoms with Crippen LogP contribution in [-0.2, 0) is 20.9 Å². The SMILES string of the molecule is O=C(/C=C(/c1ccccc1)C(F)(F)F)CCC(=O)N1CCN(Cc2cc3nc(-c4cccc5[nH]ncc45)nc(N4CCOCC4)c3s2)CC1. The number of ketones is 1. The summed E-state index contributed by atoms with van der Waals surface area (Å²) in [5, 5.41) is 8.18. The monoisotopic (exact) mass is 689 g/mol. The largest absolute Gasteiger partial charge is 0.417 e. The minimum atomic E-state index is -4.68.